The predicted octanol–water partition coefficient (Wildman–Crippen LogP) is 3.83. The molecule has 170 valence electrons. The Bertz CT molecular complexity index is 1250. The number of sulfonamides is 1. The van der Waals surface area contributed by atoms with E-state index in [2.05, 4.69) is 0 Å². The van der Waals surface area contributed by atoms with Gasteiger partial charge in [0.15, 0.2) is 0 Å². The first-order chi connectivity index (χ1) is 15.1. The Hall–Kier alpha value is -2.91. The number of hydrogen-bond acceptors (Lipinski definition) is 4. The minimum absolute atomic E-state index is 0.00677. The molecule has 0 saturated carbocycles. The molecule has 4 rings (SSSR count). The van der Waals surface area contributed by atoms with Crippen molar-refractivity contribution in [1.29, 1.82) is 0 Å². The van der Waals surface area contributed by atoms with Crippen molar-refractivity contribution in [3.05, 3.63) is 60.0 Å². The number of carbonyl (C=O) groups is 1. The zero-order valence-corrected chi connectivity index (χ0v) is 18.7. The molecule has 2 heterocycles. The van der Waals surface area contributed by atoms with E-state index >= 15 is 0 Å². The fourth-order valence-corrected chi connectivity index (χ4v) is 5.66. The minimum Gasteiger partial charge on any atom is -0.491 e. The Labute approximate surface area is 186 Å². The van der Waals surface area contributed by atoms with Crippen molar-refractivity contribution in [2.75, 3.05) is 13.1 Å². The van der Waals surface area contributed by atoms with Crippen molar-refractivity contribution in [2.45, 2.75) is 43.7 Å². The molecule has 0 amide bonds. The first-order valence-electron chi connectivity index (χ1n) is 10.4. The molecule has 1 saturated heterocycles. The van der Waals surface area contributed by atoms with Crippen molar-refractivity contribution in [1.82, 2.24) is 8.87 Å². The number of aromatic nitrogens is 1. The van der Waals surface area contributed by atoms with Crippen molar-refractivity contribution < 1.29 is 27.4 Å². The Kier molecular flexibility index (Phi) is 5.96. The lowest BCUT2D eigenvalue weighted by atomic mass is 10.1. The molecule has 1 aliphatic rings. The van der Waals surface area contributed by atoms with E-state index in [4.69, 9.17) is 4.74 Å². The number of fused-ring (bicyclic) bond motifs is 1. The molecule has 0 radical (unpaired) electrons. The number of aliphatic carboxylic acids is 1. The SMILES string of the molecule is CC(C)Oc1ccc(S(=O)(=O)N2CCC(n3cc(CC(=O)O)c4cc(F)ccc43)C2)cc1. The molecule has 1 fully saturated rings. The highest BCUT2D eigenvalue weighted by atomic mass is 32.2. The normalized spacial score (nSPS) is 17.3. The van der Waals surface area contributed by atoms with E-state index in [1.165, 1.54) is 16.4 Å². The van der Waals surface area contributed by atoms with Gasteiger partial charge in [-0.15, -0.1) is 0 Å². The van der Waals surface area contributed by atoms with Gasteiger partial charge in [0, 0.05) is 36.2 Å². The maximum Gasteiger partial charge on any atom is 0.307 e. The van der Waals surface area contributed by atoms with Crippen molar-refractivity contribution in [3.63, 3.8) is 0 Å². The minimum atomic E-state index is -3.69. The molecule has 32 heavy (non-hydrogen) atoms. The fraction of sp³-hybridized carbons (Fsp3) is 0.348. The molecule has 0 spiro atoms. The van der Waals surface area contributed by atoms with Crippen LogP contribution in [0.1, 0.15) is 31.9 Å². The third kappa shape index (κ3) is 4.35. The Morgan fingerprint density at radius 1 is 1.22 bits per heavy atom. The number of nitrogens with zero attached hydrogens (tertiary/aromatic N) is 2. The summed E-state index contributed by atoms with van der Waals surface area (Å²) >= 11 is 0. The molecule has 0 aliphatic carbocycles. The van der Waals surface area contributed by atoms with Gasteiger partial charge in [0.1, 0.15) is 11.6 Å². The Morgan fingerprint density at radius 2 is 1.94 bits per heavy atom. The molecule has 1 atom stereocenters. The molecule has 7 nitrogen and oxygen atoms in total. The van der Waals surface area contributed by atoms with Crippen LogP contribution in [0.15, 0.2) is 53.6 Å². The largest absolute Gasteiger partial charge is 0.491 e. The standard InChI is InChI=1S/C23H25FN2O5S/c1-15(2)31-19-4-6-20(7-5-19)32(29,30)25-10-9-18(14-25)26-13-16(11-23(27)28)21-12-17(24)3-8-22(21)26/h3-8,12-13,15,18H,9-11,14H2,1-2H3,(H,27,28). The van der Waals surface area contributed by atoms with Crippen LogP contribution in [0, 0.1) is 5.82 Å². The van der Waals surface area contributed by atoms with Crippen LogP contribution in [0.5, 0.6) is 5.75 Å². The molecule has 3 aromatic rings. The molecular formula is C23H25FN2O5S. The molecule has 0 bridgehead atoms. The maximum atomic E-state index is 13.8. The predicted molar refractivity (Wildman–Crippen MR) is 118 cm³/mol. The highest BCUT2D eigenvalue weighted by Crippen LogP contribution is 2.33. The van der Waals surface area contributed by atoms with Crippen molar-refractivity contribution >= 4 is 26.9 Å². The summed E-state index contributed by atoms with van der Waals surface area (Å²) in [4.78, 5) is 11.4. The summed E-state index contributed by atoms with van der Waals surface area (Å²) in [6, 6.07) is 10.5. The Morgan fingerprint density at radius 3 is 2.59 bits per heavy atom. The Balaban J connectivity index is 1.59. The summed E-state index contributed by atoms with van der Waals surface area (Å²) in [7, 11) is -3.69. The van der Waals surface area contributed by atoms with Gasteiger partial charge < -0.3 is 14.4 Å². The zero-order valence-electron chi connectivity index (χ0n) is 17.9. The van der Waals surface area contributed by atoms with Gasteiger partial charge in [0.05, 0.1) is 17.4 Å². The average molecular weight is 461 g/mol. The summed E-state index contributed by atoms with van der Waals surface area (Å²) in [6.07, 6.45) is 2.04. The van der Waals surface area contributed by atoms with E-state index in [0.717, 1.165) is 0 Å². The molecule has 1 aromatic heterocycles. The van der Waals surface area contributed by atoms with Crippen LogP contribution in [-0.2, 0) is 21.2 Å². The van der Waals surface area contributed by atoms with Crippen molar-refractivity contribution in [2.24, 2.45) is 0 Å². The molecule has 1 unspecified atom stereocenters. The van der Waals surface area contributed by atoms with Gasteiger partial charge >= 0.3 is 5.97 Å². The van der Waals surface area contributed by atoms with Crippen LogP contribution in [0.2, 0.25) is 0 Å². The quantitative estimate of drug-likeness (QED) is 0.579. The second-order valence-electron chi connectivity index (χ2n) is 8.24. The molecular weight excluding hydrogens is 435 g/mol. The van der Waals surface area contributed by atoms with Crippen LogP contribution >= 0.6 is 0 Å². The molecule has 1 N–H and O–H groups in total. The van der Waals surface area contributed by atoms with E-state index in [1.807, 2.05) is 18.4 Å². The number of rotatable bonds is 7. The van der Waals surface area contributed by atoms with E-state index in [1.54, 1.807) is 36.5 Å². The number of hydrogen-bond donors (Lipinski definition) is 1. The first-order valence-corrected chi connectivity index (χ1v) is 11.9. The molecule has 1 aliphatic heterocycles. The van der Waals surface area contributed by atoms with Gasteiger partial charge in [-0.2, -0.15) is 4.31 Å². The second kappa shape index (κ2) is 8.55. The highest BCUT2D eigenvalue weighted by Gasteiger charge is 2.34. The van der Waals surface area contributed by atoms with Crippen LogP contribution in [0.3, 0.4) is 0 Å². The van der Waals surface area contributed by atoms with Crippen LogP contribution in [0.4, 0.5) is 4.39 Å². The lowest BCUT2D eigenvalue weighted by Crippen LogP contribution is -2.29. The summed E-state index contributed by atoms with van der Waals surface area (Å²) < 4.78 is 49.0. The van der Waals surface area contributed by atoms with Crippen LogP contribution in [0.25, 0.3) is 10.9 Å². The summed E-state index contributed by atoms with van der Waals surface area (Å²) in [6.45, 7) is 4.39. The first kappa shape index (κ1) is 22.3. The van der Waals surface area contributed by atoms with Gasteiger partial charge in [-0.1, -0.05) is 0 Å². The number of carboxylic acid groups (broad SMARTS) is 1. The van der Waals surface area contributed by atoms with Gasteiger partial charge in [-0.05, 0) is 68.3 Å². The summed E-state index contributed by atoms with van der Waals surface area (Å²) in [5, 5.41) is 9.75. The zero-order chi connectivity index (χ0) is 23.0. The lowest BCUT2D eigenvalue weighted by molar-refractivity contribution is -0.136. The number of benzene rings is 2. The van der Waals surface area contributed by atoms with E-state index in [9.17, 15) is 22.7 Å². The highest BCUT2D eigenvalue weighted by molar-refractivity contribution is 7.89. The van der Waals surface area contributed by atoms with E-state index in [0.29, 0.717) is 35.2 Å². The van der Waals surface area contributed by atoms with E-state index < -0.39 is 21.8 Å². The third-order valence-electron chi connectivity index (χ3n) is 5.57. The van der Waals surface area contributed by atoms with Gasteiger partial charge in [-0.25, -0.2) is 12.8 Å². The second-order valence-corrected chi connectivity index (χ2v) is 10.2. The van der Waals surface area contributed by atoms with Gasteiger partial charge in [-0.3, -0.25) is 4.79 Å². The smallest absolute Gasteiger partial charge is 0.307 e. The van der Waals surface area contributed by atoms with E-state index in [-0.39, 0.29) is 30.0 Å². The van der Waals surface area contributed by atoms with Crippen LogP contribution < -0.4 is 4.74 Å². The number of ether oxygens (including phenoxy) is 1. The monoisotopic (exact) mass is 460 g/mol. The van der Waals surface area contributed by atoms with Crippen LogP contribution in [-0.4, -0.2) is 47.6 Å². The fourth-order valence-electron chi connectivity index (χ4n) is 4.17. The lowest BCUT2D eigenvalue weighted by Gasteiger charge is -2.18. The maximum absolute atomic E-state index is 13.8. The average Bonchev–Trinajstić information content (AvgIpc) is 3.33. The summed E-state index contributed by atoms with van der Waals surface area (Å²) in [5.74, 6) is -0.841. The topological polar surface area (TPSA) is 88.8 Å². The number of halogens is 1. The number of carboxylic acids is 1. The third-order valence-corrected chi connectivity index (χ3v) is 7.45. The molecule has 2 aromatic carbocycles. The van der Waals surface area contributed by atoms with Gasteiger partial charge in [0.25, 0.3) is 0 Å². The van der Waals surface area contributed by atoms with Gasteiger partial charge in [0.2, 0.25) is 10.0 Å². The summed E-state index contributed by atoms with van der Waals surface area (Å²) in [5.41, 5.74) is 1.20. The van der Waals surface area contributed by atoms with Crippen molar-refractivity contribution in [3.8, 4) is 5.75 Å². The molecule has 9 heteroatoms.